The molecule has 0 bridgehead atoms. The minimum absolute atomic E-state index is 0.922. The van der Waals surface area contributed by atoms with Crippen LogP contribution in [0.15, 0.2) is 77.8 Å². The van der Waals surface area contributed by atoms with E-state index >= 15 is 0 Å². The average Bonchev–Trinajstić information content (AvgIpc) is 2.65. The van der Waals surface area contributed by atoms with Gasteiger partial charge in [0.2, 0.25) is 0 Å². The maximum absolute atomic E-state index is 4.94. The molecule has 0 aromatic heterocycles. The second-order valence-corrected chi connectivity index (χ2v) is 14.3. The standard InChI is InChI=1S/C24H27NSSi/c1-5-6-8-15-22-16-11-12-17-23(22)25-24(26-20-27(2,3)4)19-18-21-13-9-7-10-14-21/h5-7,9-14,16-19H,20H2,1-4H3/b6-5-,19-18+,25-24?. The van der Waals surface area contributed by atoms with Gasteiger partial charge in [-0.1, -0.05) is 86.1 Å². The summed E-state index contributed by atoms with van der Waals surface area (Å²) in [7, 11) is -1.17. The van der Waals surface area contributed by atoms with Crippen molar-refractivity contribution in [1.29, 1.82) is 0 Å². The molecule has 0 fully saturated rings. The Labute approximate surface area is 169 Å². The number of nitrogens with zero attached hydrogens (tertiary/aromatic N) is 1. The van der Waals surface area contributed by atoms with Crippen LogP contribution in [0, 0.1) is 11.8 Å². The molecule has 0 amide bonds. The van der Waals surface area contributed by atoms with Crippen LogP contribution in [0.5, 0.6) is 0 Å². The molecule has 0 aliphatic rings. The van der Waals surface area contributed by atoms with E-state index in [0.29, 0.717) is 0 Å². The van der Waals surface area contributed by atoms with Gasteiger partial charge in [-0.05, 0) is 42.1 Å². The van der Waals surface area contributed by atoms with Crippen molar-refractivity contribution >= 4 is 36.6 Å². The van der Waals surface area contributed by atoms with Gasteiger partial charge in [0.15, 0.2) is 0 Å². The molecule has 0 aliphatic carbocycles. The Hall–Kier alpha value is -2.28. The predicted octanol–water partition coefficient (Wildman–Crippen LogP) is 6.97. The van der Waals surface area contributed by atoms with Crippen molar-refractivity contribution in [3.63, 3.8) is 0 Å². The average molecular weight is 390 g/mol. The summed E-state index contributed by atoms with van der Waals surface area (Å²) in [4.78, 5) is 4.94. The number of hydrogen-bond acceptors (Lipinski definition) is 2. The second kappa shape index (κ2) is 10.8. The third kappa shape index (κ3) is 8.30. The lowest BCUT2D eigenvalue weighted by Crippen LogP contribution is -2.24. The van der Waals surface area contributed by atoms with Gasteiger partial charge in [0.25, 0.3) is 0 Å². The molecular weight excluding hydrogens is 362 g/mol. The fourth-order valence-corrected chi connectivity index (χ4v) is 4.79. The highest BCUT2D eigenvalue weighted by Crippen LogP contribution is 2.23. The van der Waals surface area contributed by atoms with Crippen molar-refractivity contribution < 1.29 is 0 Å². The smallest absolute Gasteiger partial charge is 0.0965 e. The normalized spacial score (nSPS) is 12.4. The monoisotopic (exact) mass is 389 g/mol. The molecule has 3 heteroatoms. The summed E-state index contributed by atoms with van der Waals surface area (Å²) in [6.45, 7) is 9.12. The number of benzene rings is 2. The van der Waals surface area contributed by atoms with E-state index in [-0.39, 0.29) is 0 Å². The van der Waals surface area contributed by atoms with Crippen LogP contribution in [0.4, 0.5) is 5.69 Å². The van der Waals surface area contributed by atoms with Crippen LogP contribution in [0.3, 0.4) is 0 Å². The largest absolute Gasteiger partial charge is 0.241 e. The van der Waals surface area contributed by atoms with E-state index in [9.17, 15) is 0 Å². The van der Waals surface area contributed by atoms with E-state index in [0.717, 1.165) is 21.7 Å². The molecule has 0 N–H and O–H groups in total. The number of thioether (sulfide) groups is 1. The summed E-state index contributed by atoms with van der Waals surface area (Å²) >= 11 is 1.84. The third-order valence-corrected chi connectivity index (χ3v) is 8.03. The predicted molar refractivity (Wildman–Crippen MR) is 127 cm³/mol. The van der Waals surface area contributed by atoms with Crippen molar-refractivity contribution in [2.75, 3.05) is 5.38 Å². The van der Waals surface area contributed by atoms with Gasteiger partial charge in [-0.15, -0.1) is 11.8 Å². The maximum Gasteiger partial charge on any atom is 0.0965 e. The van der Waals surface area contributed by atoms with Gasteiger partial charge in [0.1, 0.15) is 0 Å². The number of aliphatic imine (C=N–C) groups is 1. The molecule has 2 aromatic carbocycles. The zero-order valence-corrected chi connectivity index (χ0v) is 18.4. The molecule has 0 radical (unpaired) electrons. The SMILES string of the molecule is C/C=C\C#Cc1ccccc1N=C(/C=C/c1ccccc1)SC[Si](C)(C)C. The lowest BCUT2D eigenvalue weighted by atomic mass is 10.2. The minimum Gasteiger partial charge on any atom is -0.241 e. The van der Waals surface area contributed by atoms with Gasteiger partial charge in [0, 0.05) is 0 Å². The van der Waals surface area contributed by atoms with Gasteiger partial charge in [-0.3, -0.25) is 0 Å². The first-order valence-corrected chi connectivity index (χ1v) is 13.8. The Morgan fingerprint density at radius 2 is 1.74 bits per heavy atom. The van der Waals surface area contributed by atoms with E-state index in [2.05, 4.69) is 67.9 Å². The molecule has 0 heterocycles. The Kier molecular flexibility index (Phi) is 8.38. The lowest BCUT2D eigenvalue weighted by molar-refractivity contribution is 1.50. The van der Waals surface area contributed by atoms with Crippen LogP contribution in [0.25, 0.3) is 6.08 Å². The Bertz CT molecular complexity index is 878. The minimum atomic E-state index is -1.17. The summed E-state index contributed by atoms with van der Waals surface area (Å²) < 4.78 is 0. The summed E-state index contributed by atoms with van der Waals surface area (Å²) in [6, 6.07) is 18.4. The maximum atomic E-state index is 4.94. The summed E-state index contributed by atoms with van der Waals surface area (Å²) in [6.07, 6.45) is 8.05. The van der Waals surface area contributed by atoms with Crippen molar-refractivity contribution in [2.45, 2.75) is 26.6 Å². The highest BCUT2D eigenvalue weighted by Gasteiger charge is 2.14. The highest BCUT2D eigenvalue weighted by molar-refractivity contribution is 8.15. The molecule has 138 valence electrons. The number of allylic oxidation sites excluding steroid dienone is 2. The third-order valence-electron chi connectivity index (χ3n) is 3.46. The van der Waals surface area contributed by atoms with Gasteiger partial charge >= 0.3 is 0 Å². The van der Waals surface area contributed by atoms with E-state index in [1.54, 1.807) is 0 Å². The van der Waals surface area contributed by atoms with Crippen LogP contribution in [0.2, 0.25) is 19.6 Å². The van der Waals surface area contributed by atoms with Crippen LogP contribution < -0.4 is 0 Å². The molecule has 2 rings (SSSR count). The summed E-state index contributed by atoms with van der Waals surface area (Å²) in [5.74, 6) is 6.26. The van der Waals surface area contributed by atoms with Gasteiger partial charge in [-0.25, -0.2) is 4.99 Å². The van der Waals surface area contributed by atoms with Crippen molar-refractivity contribution in [3.05, 3.63) is 84.0 Å². The Balaban J connectivity index is 2.35. The van der Waals surface area contributed by atoms with E-state index in [1.165, 1.54) is 5.56 Å². The first-order valence-electron chi connectivity index (χ1n) is 9.14. The summed E-state index contributed by atoms with van der Waals surface area (Å²) in [5, 5.41) is 2.17. The fourth-order valence-electron chi connectivity index (χ4n) is 2.14. The molecule has 0 atom stereocenters. The lowest BCUT2D eigenvalue weighted by Gasteiger charge is -2.15. The highest BCUT2D eigenvalue weighted by atomic mass is 32.2. The molecule has 0 spiro atoms. The van der Waals surface area contributed by atoms with Crippen LogP contribution in [-0.2, 0) is 0 Å². The van der Waals surface area contributed by atoms with Gasteiger partial charge in [-0.2, -0.15) is 0 Å². The molecule has 2 aromatic rings. The van der Waals surface area contributed by atoms with Gasteiger partial charge in [0.05, 0.1) is 24.4 Å². The van der Waals surface area contributed by atoms with Crippen LogP contribution >= 0.6 is 11.8 Å². The van der Waals surface area contributed by atoms with E-state index in [1.807, 2.05) is 61.2 Å². The molecular formula is C24H27NSSi. The molecule has 0 saturated heterocycles. The topological polar surface area (TPSA) is 12.4 Å². The van der Waals surface area contributed by atoms with Crippen molar-refractivity contribution in [1.82, 2.24) is 0 Å². The quantitative estimate of drug-likeness (QED) is 0.233. The number of hydrogen-bond donors (Lipinski definition) is 0. The van der Waals surface area contributed by atoms with E-state index < -0.39 is 8.07 Å². The van der Waals surface area contributed by atoms with Gasteiger partial charge < -0.3 is 0 Å². The summed E-state index contributed by atoms with van der Waals surface area (Å²) in [5.41, 5.74) is 3.06. The first-order chi connectivity index (χ1) is 13.0. The van der Waals surface area contributed by atoms with E-state index in [4.69, 9.17) is 4.99 Å². The molecule has 0 unspecified atom stereocenters. The number of para-hydroxylation sites is 1. The number of rotatable bonds is 5. The molecule has 0 aliphatic heterocycles. The Morgan fingerprint density at radius 3 is 2.44 bits per heavy atom. The fraction of sp³-hybridized carbons (Fsp3) is 0.208. The zero-order chi connectivity index (χ0) is 19.5. The zero-order valence-electron chi connectivity index (χ0n) is 16.6. The first kappa shape index (κ1) is 21.0. The molecule has 27 heavy (non-hydrogen) atoms. The van der Waals surface area contributed by atoms with Crippen molar-refractivity contribution in [3.8, 4) is 11.8 Å². The van der Waals surface area contributed by atoms with Crippen LogP contribution in [-0.4, -0.2) is 18.5 Å². The molecule has 0 saturated carbocycles. The Morgan fingerprint density at radius 1 is 1.04 bits per heavy atom. The van der Waals surface area contributed by atoms with Crippen molar-refractivity contribution in [2.24, 2.45) is 4.99 Å². The van der Waals surface area contributed by atoms with Crippen LogP contribution in [0.1, 0.15) is 18.1 Å². The second-order valence-electron chi connectivity index (χ2n) is 7.33. The molecule has 1 nitrogen and oxygen atoms in total.